The Kier molecular flexibility index (Phi) is 5.85. The van der Waals surface area contributed by atoms with E-state index in [4.69, 9.17) is 0 Å². The average molecular weight is 285 g/mol. The van der Waals surface area contributed by atoms with Crippen LogP contribution in [0.2, 0.25) is 0 Å². The summed E-state index contributed by atoms with van der Waals surface area (Å²) in [5.41, 5.74) is 0. The molecule has 0 N–H and O–H groups in total. The lowest BCUT2D eigenvalue weighted by Crippen LogP contribution is -2.41. The van der Waals surface area contributed by atoms with Gasteiger partial charge in [-0.1, -0.05) is 33.6 Å². The van der Waals surface area contributed by atoms with Crippen LogP contribution in [-0.4, -0.2) is 18.9 Å². The van der Waals surface area contributed by atoms with Crippen molar-refractivity contribution in [3.63, 3.8) is 0 Å². The Labute approximate surface area is 118 Å². The van der Waals surface area contributed by atoms with Crippen LogP contribution in [-0.2, 0) is 9.84 Å². The molecular formula is C15H27NO2S. The molecule has 0 radical (unpaired) electrons. The predicted molar refractivity (Wildman–Crippen MR) is 78.4 cm³/mol. The highest BCUT2D eigenvalue weighted by Crippen LogP contribution is 2.37. The Morgan fingerprint density at radius 3 is 2.37 bits per heavy atom. The Hall–Kier alpha value is -0.560. The SMILES string of the molecule is CCCC1CCC(C#N)C(S(=O)(=O)C(C)C(C)C)C1. The number of hydrogen-bond donors (Lipinski definition) is 0. The monoisotopic (exact) mass is 285 g/mol. The maximum atomic E-state index is 12.7. The first-order chi connectivity index (χ1) is 8.84. The van der Waals surface area contributed by atoms with E-state index in [2.05, 4.69) is 13.0 Å². The molecule has 0 spiro atoms. The molecule has 0 saturated heterocycles. The number of nitriles is 1. The van der Waals surface area contributed by atoms with E-state index in [9.17, 15) is 13.7 Å². The van der Waals surface area contributed by atoms with Gasteiger partial charge in [0.1, 0.15) is 0 Å². The van der Waals surface area contributed by atoms with Crippen molar-refractivity contribution in [3.8, 4) is 6.07 Å². The van der Waals surface area contributed by atoms with Crippen molar-refractivity contribution in [2.24, 2.45) is 17.8 Å². The molecule has 0 bridgehead atoms. The first kappa shape index (κ1) is 16.5. The average Bonchev–Trinajstić information content (AvgIpc) is 2.38. The van der Waals surface area contributed by atoms with Gasteiger partial charge in [-0.2, -0.15) is 5.26 Å². The van der Waals surface area contributed by atoms with Crippen LogP contribution in [0.5, 0.6) is 0 Å². The third kappa shape index (κ3) is 3.72. The second-order valence-electron chi connectivity index (χ2n) is 6.28. The van der Waals surface area contributed by atoms with Crippen LogP contribution in [0.1, 0.15) is 59.8 Å². The Morgan fingerprint density at radius 1 is 1.26 bits per heavy atom. The molecule has 0 amide bonds. The fourth-order valence-corrected chi connectivity index (χ4v) is 5.55. The summed E-state index contributed by atoms with van der Waals surface area (Å²) in [5, 5.41) is 8.45. The van der Waals surface area contributed by atoms with Gasteiger partial charge in [0.05, 0.1) is 22.5 Å². The van der Waals surface area contributed by atoms with Crippen LogP contribution >= 0.6 is 0 Å². The number of hydrogen-bond acceptors (Lipinski definition) is 3. The van der Waals surface area contributed by atoms with E-state index >= 15 is 0 Å². The van der Waals surface area contributed by atoms with Crippen LogP contribution in [0.25, 0.3) is 0 Å². The van der Waals surface area contributed by atoms with Gasteiger partial charge in [0.25, 0.3) is 0 Å². The summed E-state index contributed by atoms with van der Waals surface area (Å²) in [6.45, 7) is 7.81. The third-order valence-electron chi connectivity index (χ3n) is 4.64. The van der Waals surface area contributed by atoms with E-state index in [1.54, 1.807) is 6.92 Å². The number of rotatable bonds is 5. The van der Waals surface area contributed by atoms with E-state index in [1.165, 1.54) is 0 Å². The van der Waals surface area contributed by atoms with Crippen molar-refractivity contribution in [1.29, 1.82) is 5.26 Å². The zero-order valence-corrected chi connectivity index (χ0v) is 13.4. The van der Waals surface area contributed by atoms with Gasteiger partial charge in [-0.05, 0) is 38.0 Å². The van der Waals surface area contributed by atoms with Crippen LogP contribution in [0.15, 0.2) is 0 Å². The largest absolute Gasteiger partial charge is 0.228 e. The summed E-state index contributed by atoms with van der Waals surface area (Å²) < 4.78 is 25.4. The van der Waals surface area contributed by atoms with Gasteiger partial charge < -0.3 is 0 Å². The molecule has 1 saturated carbocycles. The molecule has 0 aromatic rings. The second kappa shape index (κ2) is 6.74. The summed E-state index contributed by atoms with van der Waals surface area (Å²) in [5.74, 6) is 0.281. The fraction of sp³-hybridized carbons (Fsp3) is 0.933. The van der Waals surface area contributed by atoms with Crippen molar-refractivity contribution >= 4 is 9.84 Å². The quantitative estimate of drug-likeness (QED) is 0.776. The smallest absolute Gasteiger partial charge is 0.157 e. The van der Waals surface area contributed by atoms with Gasteiger partial charge in [0, 0.05) is 0 Å². The summed E-state index contributed by atoms with van der Waals surface area (Å²) in [7, 11) is -3.20. The maximum absolute atomic E-state index is 12.7. The number of sulfone groups is 1. The van der Waals surface area contributed by atoms with Crippen molar-refractivity contribution in [3.05, 3.63) is 0 Å². The van der Waals surface area contributed by atoms with E-state index in [0.29, 0.717) is 12.3 Å². The van der Waals surface area contributed by atoms with E-state index in [1.807, 2.05) is 13.8 Å². The minimum Gasteiger partial charge on any atom is -0.228 e. The van der Waals surface area contributed by atoms with Gasteiger partial charge in [0.15, 0.2) is 9.84 Å². The molecule has 1 aliphatic carbocycles. The maximum Gasteiger partial charge on any atom is 0.157 e. The summed E-state index contributed by atoms with van der Waals surface area (Å²) in [4.78, 5) is 0. The van der Waals surface area contributed by atoms with Crippen molar-refractivity contribution in [2.45, 2.75) is 70.3 Å². The zero-order chi connectivity index (χ0) is 14.6. The molecule has 19 heavy (non-hydrogen) atoms. The minimum atomic E-state index is -3.20. The van der Waals surface area contributed by atoms with Crippen LogP contribution in [0.4, 0.5) is 0 Å². The van der Waals surface area contributed by atoms with Crippen molar-refractivity contribution < 1.29 is 8.42 Å². The Balaban J connectivity index is 2.95. The van der Waals surface area contributed by atoms with E-state index in [0.717, 1.165) is 25.7 Å². The number of nitrogens with zero attached hydrogens (tertiary/aromatic N) is 1. The molecule has 3 nitrogen and oxygen atoms in total. The molecule has 4 unspecified atom stereocenters. The third-order valence-corrected chi connectivity index (χ3v) is 7.59. The molecule has 4 atom stereocenters. The molecular weight excluding hydrogens is 258 g/mol. The molecule has 0 heterocycles. The summed E-state index contributed by atoms with van der Waals surface area (Å²) >= 11 is 0. The van der Waals surface area contributed by atoms with Crippen LogP contribution in [0.3, 0.4) is 0 Å². The highest BCUT2D eigenvalue weighted by molar-refractivity contribution is 7.92. The predicted octanol–water partition coefficient (Wildman–Crippen LogP) is 3.55. The van der Waals surface area contributed by atoms with E-state index in [-0.39, 0.29) is 17.1 Å². The van der Waals surface area contributed by atoms with Gasteiger partial charge in [-0.25, -0.2) is 8.42 Å². The summed E-state index contributed by atoms with van der Waals surface area (Å²) in [6.07, 6.45) is 4.62. The Bertz CT molecular complexity index is 422. The van der Waals surface area contributed by atoms with Gasteiger partial charge in [-0.3, -0.25) is 0 Å². The molecule has 4 heteroatoms. The lowest BCUT2D eigenvalue weighted by molar-refractivity contribution is 0.297. The van der Waals surface area contributed by atoms with Gasteiger partial charge >= 0.3 is 0 Å². The topological polar surface area (TPSA) is 57.9 Å². The molecule has 0 aromatic carbocycles. The molecule has 1 fully saturated rings. The molecule has 110 valence electrons. The lowest BCUT2D eigenvalue weighted by Gasteiger charge is -2.34. The minimum absolute atomic E-state index is 0.107. The molecule has 1 aliphatic rings. The molecule has 0 aliphatic heterocycles. The normalized spacial score (nSPS) is 30.0. The molecule has 1 rings (SSSR count). The highest BCUT2D eigenvalue weighted by Gasteiger charge is 2.42. The van der Waals surface area contributed by atoms with Crippen LogP contribution in [0, 0.1) is 29.1 Å². The molecule has 0 aromatic heterocycles. The highest BCUT2D eigenvalue weighted by atomic mass is 32.2. The van der Waals surface area contributed by atoms with Crippen molar-refractivity contribution in [2.75, 3.05) is 0 Å². The first-order valence-electron chi connectivity index (χ1n) is 7.46. The van der Waals surface area contributed by atoms with E-state index < -0.39 is 15.1 Å². The van der Waals surface area contributed by atoms with Crippen molar-refractivity contribution in [1.82, 2.24) is 0 Å². The fourth-order valence-electron chi connectivity index (χ4n) is 3.05. The van der Waals surface area contributed by atoms with Gasteiger partial charge in [-0.15, -0.1) is 0 Å². The summed E-state index contributed by atoms with van der Waals surface area (Å²) in [6, 6.07) is 2.24. The van der Waals surface area contributed by atoms with Crippen LogP contribution < -0.4 is 0 Å². The zero-order valence-electron chi connectivity index (χ0n) is 12.6. The first-order valence-corrected chi connectivity index (χ1v) is 9.07. The second-order valence-corrected chi connectivity index (χ2v) is 8.81. The lowest BCUT2D eigenvalue weighted by atomic mass is 9.80. The standard InChI is InChI=1S/C15H27NO2S/c1-5-6-13-7-8-14(10-16)15(9-13)19(17,18)12(4)11(2)3/h11-15H,5-9H2,1-4H3. The van der Waals surface area contributed by atoms with Gasteiger partial charge in [0.2, 0.25) is 0 Å². The Morgan fingerprint density at radius 2 is 1.89 bits per heavy atom.